The second-order valence-corrected chi connectivity index (χ2v) is 3.77. The van der Waals surface area contributed by atoms with Gasteiger partial charge in [-0.1, -0.05) is 6.92 Å². The van der Waals surface area contributed by atoms with Crippen LogP contribution in [-0.2, 0) is 14.3 Å². The molecule has 0 aromatic rings. The quantitative estimate of drug-likeness (QED) is 0.554. The summed E-state index contributed by atoms with van der Waals surface area (Å²) in [7, 11) is 1.23. The molecule has 0 aliphatic carbocycles. The normalized spacial score (nSPS) is 15.4. The molecule has 1 N–H and O–H groups in total. The number of methoxy groups -OCH3 is 1. The molecule has 4 nitrogen and oxygen atoms in total. The Morgan fingerprint density at radius 1 is 1.35 bits per heavy atom. The van der Waals surface area contributed by atoms with Gasteiger partial charge in [0.15, 0.2) is 0 Å². The molecule has 7 heteroatoms. The number of rotatable bonds is 7. The first-order valence-corrected chi connectivity index (χ1v) is 5.23. The Hall–Kier alpha value is -0.820. The van der Waals surface area contributed by atoms with Crippen molar-refractivity contribution < 1.29 is 27.4 Å². The third-order valence-corrected chi connectivity index (χ3v) is 2.21. The first kappa shape index (κ1) is 16.2. The SMILES string of the molecule is CCNC(C)(CCOCC(F)(F)F)C(=O)OC. The van der Waals surface area contributed by atoms with Crippen LogP contribution < -0.4 is 5.32 Å². The Labute approximate surface area is 98.5 Å². The van der Waals surface area contributed by atoms with E-state index in [1.807, 2.05) is 0 Å². The van der Waals surface area contributed by atoms with Gasteiger partial charge in [0, 0.05) is 6.61 Å². The van der Waals surface area contributed by atoms with Gasteiger partial charge in [-0.3, -0.25) is 4.79 Å². The molecule has 1 atom stereocenters. The van der Waals surface area contributed by atoms with Crippen LogP contribution in [0.25, 0.3) is 0 Å². The first-order chi connectivity index (χ1) is 7.75. The van der Waals surface area contributed by atoms with Crippen molar-refractivity contribution in [1.29, 1.82) is 0 Å². The molecule has 0 aliphatic rings. The van der Waals surface area contributed by atoms with E-state index >= 15 is 0 Å². The fraction of sp³-hybridized carbons (Fsp3) is 0.900. The van der Waals surface area contributed by atoms with Crippen molar-refractivity contribution in [3.63, 3.8) is 0 Å². The van der Waals surface area contributed by atoms with E-state index in [4.69, 9.17) is 0 Å². The smallest absolute Gasteiger partial charge is 0.411 e. The van der Waals surface area contributed by atoms with Crippen LogP contribution in [0.4, 0.5) is 13.2 Å². The molecule has 0 saturated heterocycles. The van der Waals surface area contributed by atoms with Gasteiger partial charge in [-0.15, -0.1) is 0 Å². The van der Waals surface area contributed by atoms with E-state index in [-0.39, 0.29) is 13.0 Å². The van der Waals surface area contributed by atoms with Crippen LogP contribution in [0.1, 0.15) is 20.3 Å². The molecule has 0 heterocycles. The highest BCUT2D eigenvalue weighted by Gasteiger charge is 2.34. The summed E-state index contributed by atoms with van der Waals surface area (Å²) in [6, 6.07) is 0. The largest absolute Gasteiger partial charge is 0.468 e. The van der Waals surface area contributed by atoms with Crippen molar-refractivity contribution in [2.45, 2.75) is 32.0 Å². The van der Waals surface area contributed by atoms with Crippen LogP contribution in [0.15, 0.2) is 0 Å². The molecule has 0 amide bonds. The molecule has 0 radical (unpaired) electrons. The highest BCUT2D eigenvalue weighted by atomic mass is 19.4. The standard InChI is InChI=1S/C10H18F3NO3/c1-4-14-9(2,8(15)16-3)5-6-17-7-10(11,12)13/h14H,4-7H2,1-3H3. The second kappa shape index (κ2) is 6.80. The monoisotopic (exact) mass is 257 g/mol. The van der Waals surface area contributed by atoms with Crippen molar-refractivity contribution in [2.75, 3.05) is 26.9 Å². The van der Waals surface area contributed by atoms with Gasteiger partial charge in [-0.25, -0.2) is 0 Å². The maximum Gasteiger partial charge on any atom is 0.411 e. The number of halogens is 3. The van der Waals surface area contributed by atoms with Crippen LogP contribution >= 0.6 is 0 Å². The van der Waals surface area contributed by atoms with Gasteiger partial charge in [0.25, 0.3) is 0 Å². The van der Waals surface area contributed by atoms with Crippen molar-refractivity contribution in [3.05, 3.63) is 0 Å². The second-order valence-electron chi connectivity index (χ2n) is 3.77. The Kier molecular flexibility index (Phi) is 6.48. The summed E-state index contributed by atoms with van der Waals surface area (Å²) < 4.78 is 44.5. The third-order valence-electron chi connectivity index (χ3n) is 2.21. The van der Waals surface area contributed by atoms with Crippen LogP contribution in [0, 0.1) is 0 Å². The molecular weight excluding hydrogens is 239 g/mol. The lowest BCUT2D eigenvalue weighted by Crippen LogP contribution is -2.51. The molecule has 0 fully saturated rings. The maximum atomic E-state index is 11.8. The van der Waals surface area contributed by atoms with Gasteiger partial charge < -0.3 is 14.8 Å². The summed E-state index contributed by atoms with van der Waals surface area (Å²) in [6.07, 6.45) is -4.23. The number of ether oxygens (including phenoxy) is 2. The first-order valence-electron chi connectivity index (χ1n) is 5.23. The molecule has 102 valence electrons. The number of nitrogens with one attached hydrogen (secondary N) is 1. The number of carbonyl (C=O) groups excluding carboxylic acids is 1. The lowest BCUT2D eigenvalue weighted by molar-refractivity contribution is -0.175. The van der Waals surface area contributed by atoms with E-state index in [1.54, 1.807) is 13.8 Å². The van der Waals surface area contributed by atoms with Gasteiger partial charge in [-0.2, -0.15) is 13.2 Å². The Morgan fingerprint density at radius 2 is 1.94 bits per heavy atom. The Morgan fingerprint density at radius 3 is 2.35 bits per heavy atom. The minimum Gasteiger partial charge on any atom is -0.468 e. The predicted octanol–water partition coefficient (Wildman–Crippen LogP) is 1.50. The van der Waals surface area contributed by atoms with Gasteiger partial charge in [-0.05, 0) is 19.9 Å². The number of carbonyl (C=O) groups is 1. The average Bonchev–Trinajstić information content (AvgIpc) is 2.22. The summed E-state index contributed by atoms with van der Waals surface area (Å²) in [5.41, 5.74) is -1.02. The van der Waals surface area contributed by atoms with Crippen LogP contribution in [0.2, 0.25) is 0 Å². The van der Waals surface area contributed by atoms with Crippen molar-refractivity contribution >= 4 is 5.97 Å². The van der Waals surface area contributed by atoms with E-state index < -0.39 is 24.3 Å². The zero-order chi connectivity index (χ0) is 13.5. The molecule has 1 unspecified atom stereocenters. The fourth-order valence-corrected chi connectivity index (χ4v) is 1.34. The number of likely N-dealkylation sites (N-methyl/N-ethyl adjacent to an activating group) is 1. The number of hydrogen-bond acceptors (Lipinski definition) is 4. The zero-order valence-corrected chi connectivity index (χ0v) is 10.2. The van der Waals surface area contributed by atoms with E-state index in [0.29, 0.717) is 6.54 Å². The molecule has 0 spiro atoms. The van der Waals surface area contributed by atoms with Crippen LogP contribution in [0.3, 0.4) is 0 Å². The third kappa shape index (κ3) is 6.48. The Balaban J connectivity index is 4.14. The van der Waals surface area contributed by atoms with Gasteiger partial charge in [0.2, 0.25) is 0 Å². The van der Waals surface area contributed by atoms with Crippen molar-refractivity contribution in [3.8, 4) is 0 Å². The van der Waals surface area contributed by atoms with Gasteiger partial charge in [0.1, 0.15) is 12.1 Å². The highest BCUT2D eigenvalue weighted by molar-refractivity contribution is 5.80. The Bertz CT molecular complexity index is 245. The topological polar surface area (TPSA) is 47.6 Å². The zero-order valence-electron chi connectivity index (χ0n) is 10.2. The minimum absolute atomic E-state index is 0.115. The minimum atomic E-state index is -4.35. The lowest BCUT2D eigenvalue weighted by atomic mass is 9.98. The molecule has 17 heavy (non-hydrogen) atoms. The molecule has 0 rings (SSSR count). The van der Waals surface area contributed by atoms with Gasteiger partial charge in [0.05, 0.1) is 7.11 Å². The molecular formula is C10H18F3NO3. The average molecular weight is 257 g/mol. The van der Waals surface area contributed by atoms with E-state index in [1.165, 1.54) is 7.11 Å². The number of hydrogen-bond donors (Lipinski definition) is 1. The predicted molar refractivity (Wildman–Crippen MR) is 55.6 cm³/mol. The summed E-state index contributed by atoms with van der Waals surface area (Å²) in [6.45, 7) is 2.39. The van der Waals surface area contributed by atoms with Crippen molar-refractivity contribution in [2.24, 2.45) is 0 Å². The number of esters is 1. The molecule has 0 aromatic heterocycles. The van der Waals surface area contributed by atoms with E-state index in [9.17, 15) is 18.0 Å². The fourth-order valence-electron chi connectivity index (χ4n) is 1.34. The number of alkyl halides is 3. The summed E-state index contributed by atoms with van der Waals surface area (Å²) in [5, 5.41) is 2.87. The summed E-state index contributed by atoms with van der Waals surface area (Å²) in [4.78, 5) is 11.5. The van der Waals surface area contributed by atoms with E-state index in [2.05, 4.69) is 14.8 Å². The molecule has 0 saturated carbocycles. The van der Waals surface area contributed by atoms with Crippen molar-refractivity contribution in [1.82, 2.24) is 5.32 Å². The highest BCUT2D eigenvalue weighted by Crippen LogP contribution is 2.16. The molecule has 0 aliphatic heterocycles. The summed E-state index contributed by atoms with van der Waals surface area (Å²) in [5.74, 6) is -0.519. The summed E-state index contributed by atoms with van der Waals surface area (Å²) >= 11 is 0. The van der Waals surface area contributed by atoms with Gasteiger partial charge >= 0.3 is 12.1 Å². The lowest BCUT2D eigenvalue weighted by Gasteiger charge is -2.27. The molecule has 0 bridgehead atoms. The van der Waals surface area contributed by atoms with Crippen LogP contribution in [-0.4, -0.2) is 44.6 Å². The molecule has 0 aromatic carbocycles. The maximum absolute atomic E-state index is 11.8. The van der Waals surface area contributed by atoms with Crippen LogP contribution in [0.5, 0.6) is 0 Å². The van der Waals surface area contributed by atoms with E-state index in [0.717, 1.165) is 0 Å².